The zero-order chi connectivity index (χ0) is 15.0. The molecule has 3 aromatic rings. The van der Waals surface area contributed by atoms with Crippen molar-refractivity contribution in [3.05, 3.63) is 35.9 Å². The van der Waals surface area contributed by atoms with Crippen LogP contribution in [-0.4, -0.2) is 35.6 Å². The van der Waals surface area contributed by atoms with Crippen molar-refractivity contribution in [2.45, 2.75) is 6.54 Å². The molecule has 0 aliphatic carbocycles. The Kier molecular flexibility index (Phi) is 3.05. The molecule has 21 heavy (non-hydrogen) atoms. The maximum absolute atomic E-state index is 11.4. The molecule has 0 bridgehead atoms. The van der Waals surface area contributed by atoms with E-state index < -0.39 is 5.97 Å². The number of aryl methyl sites for hydroxylation is 2. The number of rotatable bonds is 4. The van der Waals surface area contributed by atoms with E-state index in [0.717, 1.165) is 5.69 Å². The Hall–Kier alpha value is -2.90. The second-order valence-corrected chi connectivity index (χ2v) is 4.69. The molecule has 0 saturated heterocycles. The van der Waals surface area contributed by atoms with E-state index in [2.05, 4.69) is 20.5 Å². The Morgan fingerprint density at radius 1 is 1.38 bits per heavy atom. The van der Waals surface area contributed by atoms with Gasteiger partial charge in [-0.3, -0.25) is 9.36 Å². The van der Waals surface area contributed by atoms with E-state index in [1.165, 1.54) is 6.20 Å². The maximum Gasteiger partial charge on any atom is 0.339 e. The van der Waals surface area contributed by atoms with Crippen LogP contribution in [0, 0.1) is 0 Å². The monoisotopic (exact) mass is 286 g/mol. The van der Waals surface area contributed by atoms with Crippen molar-refractivity contribution >= 4 is 22.7 Å². The zero-order valence-electron chi connectivity index (χ0n) is 11.6. The van der Waals surface area contributed by atoms with Gasteiger partial charge in [0.05, 0.1) is 29.5 Å². The van der Waals surface area contributed by atoms with Crippen molar-refractivity contribution in [2.24, 2.45) is 14.1 Å². The predicted octanol–water partition coefficient (Wildman–Crippen LogP) is 1.01. The van der Waals surface area contributed by atoms with Crippen LogP contribution in [0.1, 0.15) is 16.1 Å². The molecule has 0 fully saturated rings. The quantitative estimate of drug-likeness (QED) is 0.743. The van der Waals surface area contributed by atoms with E-state index in [9.17, 15) is 9.90 Å². The lowest BCUT2D eigenvalue weighted by Crippen LogP contribution is -2.08. The van der Waals surface area contributed by atoms with Crippen LogP contribution in [0.5, 0.6) is 0 Å². The van der Waals surface area contributed by atoms with Crippen molar-refractivity contribution in [1.82, 2.24) is 24.5 Å². The summed E-state index contributed by atoms with van der Waals surface area (Å²) in [6.45, 7) is 0.426. The summed E-state index contributed by atoms with van der Waals surface area (Å²) >= 11 is 0. The Balaban J connectivity index is 2.01. The molecule has 0 radical (unpaired) electrons. The van der Waals surface area contributed by atoms with Crippen molar-refractivity contribution in [3.8, 4) is 0 Å². The van der Waals surface area contributed by atoms with E-state index in [1.807, 2.05) is 19.3 Å². The number of carbonyl (C=O) groups is 1. The average Bonchev–Trinajstić information content (AvgIpc) is 3.03. The van der Waals surface area contributed by atoms with Crippen LogP contribution in [0.2, 0.25) is 0 Å². The first-order valence-corrected chi connectivity index (χ1v) is 6.32. The molecule has 8 nitrogen and oxygen atoms in total. The minimum Gasteiger partial charge on any atom is -0.478 e. The highest BCUT2D eigenvalue weighted by Gasteiger charge is 2.16. The number of aromatic nitrogens is 5. The van der Waals surface area contributed by atoms with E-state index in [-0.39, 0.29) is 5.56 Å². The first-order valence-electron chi connectivity index (χ1n) is 6.32. The van der Waals surface area contributed by atoms with E-state index in [4.69, 9.17) is 0 Å². The summed E-state index contributed by atoms with van der Waals surface area (Å²) in [7, 11) is 3.59. The van der Waals surface area contributed by atoms with Gasteiger partial charge in [-0.05, 0) is 6.07 Å². The van der Waals surface area contributed by atoms with Crippen molar-refractivity contribution in [2.75, 3.05) is 5.32 Å². The summed E-state index contributed by atoms with van der Waals surface area (Å²) in [5.74, 6) is -1.03. The van der Waals surface area contributed by atoms with Crippen LogP contribution in [0.3, 0.4) is 0 Å². The minimum atomic E-state index is -1.03. The fraction of sp³-hybridized carbons (Fsp3) is 0.231. The van der Waals surface area contributed by atoms with Gasteiger partial charge in [0.25, 0.3) is 0 Å². The molecule has 0 unspecified atom stereocenters. The first-order chi connectivity index (χ1) is 10.1. The molecule has 0 atom stereocenters. The molecule has 108 valence electrons. The number of anilines is 1. The normalized spacial score (nSPS) is 11.0. The number of aromatic carboxylic acids is 1. The Morgan fingerprint density at radius 3 is 2.86 bits per heavy atom. The summed E-state index contributed by atoms with van der Waals surface area (Å²) in [6, 6.07) is 1.87. The molecule has 3 heterocycles. The molecule has 0 aliphatic rings. The predicted molar refractivity (Wildman–Crippen MR) is 76.0 cm³/mol. The second-order valence-electron chi connectivity index (χ2n) is 4.69. The Labute approximate surface area is 120 Å². The number of hydrogen-bond donors (Lipinski definition) is 2. The number of nitrogens with zero attached hydrogens (tertiary/aromatic N) is 5. The van der Waals surface area contributed by atoms with Gasteiger partial charge in [0.15, 0.2) is 5.65 Å². The third-order valence-corrected chi connectivity index (χ3v) is 3.21. The van der Waals surface area contributed by atoms with Gasteiger partial charge in [0.1, 0.15) is 5.56 Å². The van der Waals surface area contributed by atoms with Crippen LogP contribution >= 0.6 is 0 Å². The van der Waals surface area contributed by atoms with Gasteiger partial charge in [-0.15, -0.1) is 0 Å². The maximum atomic E-state index is 11.4. The molecule has 3 rings (SSSR count). The van der Waals surface area contributed by atoms with Gasteiger partial charge in [-0.1, -0.05) is 0 Å². The molecule has 3 aromatic heterocycles. The van der Waals surface area contributed by atoms with Gasteiger partial charge in [0.2, 0.25) is 0 Å². The Morgan fingerprint density at radius 2 is 2.19 bits per heavy atom. The molecule has 0 aliphatic heterocycles. The summed E-state index contributed by atoms with van der Waals surface area (Å²) in [6.07, 6.45) is 4.78. The molecule has 0 saturated carbocycles. The summed E-state index contributed by atoms with van der Waals surface area (Å²) in [5.41, 5.74) is 2.07. The van der Waals surface area contributed by atoms with Crippen molar-refractivity contribution in [1.29, 1.82) is 0 Å². The minimum absolute atomic E-state index is 0.117. The lowest BCUT2D eigenvalue weighted by atomic mass is 10.2. The summed E-state index contributed by atoms with van der Waals surface area (Å²) < 4.78 is 3.30. The molecule has 8 heteroatoms. The number of carboxylic acids is 1. The molecule has 0 aromatic carbocycles. The summed E-state index contributed by atoms with van der Waals surface area (Å²) in [5, 5.41) is 21.5. The van der Waals surface area contributed by atoms with Gasteiger partial charge in [-0.2, -0.15) is 10.2 Å². The number of hydrogen-bond acceptors (Lipinski definition) is 5. The third-order valence-electron chi connectivity index (χ3n) is 3.21. The number of pyridine rings is 1. The molecule has 2 N–H and O–H groups in total. The zero-order valence-corrected chi connectivity index (χ0v) is 11.6. The average molecular weight is 286 g/mol. The highest BCUT2D eigenvalue weighted by molar-refractivity contribution is 6.03. The van der Waals surface area contributed by atoms with Crippen molar-refractivity contribution < 1.29 is 9.90 Å². The number of carboxylic acid groups (broad SMARTS) is 1. The largest absolute Gasteiger partial charge is 0.478 e. The molecule has 0 amide bonds. The van der Waals surface area contributed by atoms with Gasteiger partial charge in [0, 0.05) is 26.5 Å². The highest BCUT2D eigenvalue weighted by atomic mass is 16.4. The molecular weight excluding hydrogens is 272 g/mol. The fourth-order valence-electron chi connectivity index (χ4n) is 2.18. The Bertz CT molecular complexity index is 819. The van der Waals surface area contributed by atoms with Crippen LogP contribution in [-0.2, 0) is 20.6 Å². The number of nitrogens with one attached hydrogen (secondary N) is 1. The van der Waals surface area contributed by atoms with E-state index >= 15 is 0 Å². The van der Waals surface area contributed by atoms with Gasteiger partial charge >= 0.3 is 5.97 Å². The SMILES string of the molecule is Cn1ccc(CNc2c(C(=O)O)cnc3c2cnn3C)n1. The van der Waals surface area contributed by atoms with Crippen LogP contribution in [0.25, 0.3) is 11.0 Å². The topological polar surface area (TPSA) is 97.9 Å². The van der Waals surface area contributed by atoms with E-state index in [0.29, 0.717) is 23.3 Å². The van der Waals surface area contributed by atoms with Crippen molar-refractivity contribution in [3.63, 3.8) is 0 Å². The van der Waals surface area contributed by atoms with Crippen LogP contribution in [0.4, 0.5) is 5.69 Å². The van der Waals surface area contributed by atoms with Gasteiger partial charge in [-0.25, -0.2) is 9.78 Å². The smallest absolute Gasteiger partial charge is 0.339 e. The van der Waals surface area contributed by atoms with E-state index in [1.54, 1.807) is 22.6 Å². The number of fused-ring (bicyclic) bond motifs is 1. The first kappa shape index (κ1) is 13.1. The third kappa shape index (κ3) is 2.31. The highest BCUT2D eigenvalue weighted by Crippen LogP contribution is 2.26. The summed E-state index contributed by atoms with van der Waals surface area (Å²) in [4.78, 5) is 15.5. The van der Waals surface area contributed by atoms with Crippen LogP contribution in [0.15, 0.2) is 24.7 Å². The van der Waals surface area contributed by atoms with Gasteiger partial charge < -0.3 is 10.4 Å². The standard InChI is InChI=1S/C13H14N6O2/c1-18-4-3-8(17-18)5-14-11-9-7-16-19(2)12(9)15-6-10(11)13(20)21/h3-4,6-7H,5H2,1-2H3,(H,14,15)(H,20,21). The molecular formula is C13H14N6O2. The van der Waals surface area contributed by atoms with Crippen LogP contribution < -0.4 is 5.32 Å². The second kappa shape index (κ2) is 4.89. The lowest BCUT2D eigenvalue weighted by Gasteiger charge is -2.09. The fourth-order valence-corrected chi connectivity index (χ4v) is 2.18. The molecule has 0 spiro atoms. The lowest BCUT2D eigenvalue weighted by molar-refractivity contribution is 0.0697.